The normalized spacial score (nSPS) is 19.9. The van der Waals surface area contributed by atoms with E-state index in [1.165, 1.54) is 36.8 Å². The summed E-state index contributed by atoms with van der Waals surface area (Å²) >= 11 is 6.15. The molecule has 1 saturated heterocycles. The van der Waals surface area contributed by atoms with E-state index in [1.54, 1.807) is 0 Å². The largest absolute Gasteiger partial charge is 0.368 e. The Bertz CT molecular complexity index is 582. The summed E-state index contributed by atoms with van der Waals surface area (Å²) in [5, 5.41) is 1.96. The van der Waals surface area contributed by atoms with Gasteiger partial charge in [-0.3, -0.25) is 4.98 Å². The summed E-state index contributed by atoms with van der Waals surface area (Å²) in [6.07, 6.45) is 7.03. The van der Waals surface area contributed by atoms with Crippen molar-refractivity contribution in [3.05, 3.63) is 35.5 Å². The van der Waals surface area contributed by atoms with Crippen LogP contribution in [0.4, 0.5) is 5.69 Å². The van der Waals surface area contributed by atoms with Gasteiger partial charge in [0.2, 0.25) is 0 Å². The van der Waals surface area contributed by atoms with Gasteiger partial charge in [0.1, 0.15) is 0 Å². The van der Waals surface area contributed by atoms with Crippen LogP contribution in [0.2, 0.25) is 5.02 Å². The van der Waals surface area contributed by atoms with Gasteiger partial charge in [-0.05, 0) is 49.9 Å². The molecule has 1 unspecified atom stereocenters. The van der Waals surface area contributed by atoms with Gasteiger partial charge in [0.25, 0.3) is 0 Å². The Morgan fingerprint density at radius 2 is 2.21 bits per heavy atom. The van der Waals surface area contributed by atoms with Gasteiger partial charge in [-0.15, -0.1) is 0 Å². The van der Waals surface area contributed by atoms with Crippen LogP contribution in [0.25, 0.3) is 10.9 Å². The third-order valence-corrected chi connectivity index (χ3v) is 4.32. The maximum atomic E-state index is 6.15. The van der Waals surface area contributed by atoms with Crippen LogP contribution in [0, 0.1) is 0 Å². The first-order valence-corrected chi connectivity index (χ1v) is 7.48. The smallest absolute Gasteiger partial charge is 0.0723 e. The van der Waals surface area contributed by atoms with E-state index >= 15 is 0 Å². The molecule has 1 aromatic carbocycles. The number of halogens is 1. The number of nitrogens with zero attached hydrogens (tertiary/aromatic N) is 2. The van der Waals surface area contributed by atoms with E-state index in [0.29, 0.717) is 6.04 Å². The molecule has 0 spiro atoms. The summed E-state index contributed by atoms with van der Waals surface area (Å²) in [5.41, 5.74) is 2.32. The molecular formula is C16H19ClN2. The van der Waals surface area contributed by atoms with E-state index in [0.717, 1.165) is 17.1 Å². The highest BCUT2D eigenvalue weighted by atomic mass is 35.5. The van der Waals surface area contributed by atoms with Gasteiger partial charge in [-0.2, -0.15) is 0 Å². The fourth-order valence-electron chi connectivity index (χ4n) is 3.10. The monoisotopic (exact) mass is 274 g/mol. The highest BCUT2D eigenvalue weighted by Gasteiger charge is 2.22. The van der Waals surface area contributed by atoms with E-state index in [4.69, 9.17) is 11.6 Å². The molecular weight excluding hydrogens is 256 g/mol. The minimum absolute atomic E-state index is 0.651. The Morgan fingerprint density at radius 1 is 1.32 bits per heavy atom. The maximum Gasteiger partial charge on any atom is 0.0723 e. The SMILES string of the molecule is CCC1CCCCN1c1ccnc2ccc(Cl)cc12. The number of aromatic nitrogens is 1. The molecule has 19 heavy (non-hydrogen) atoms. The molecule has 0 bridgehead atoms. The molecule has 1 aromatic heterocycles. The number of hydrogen-bond acceptors (Lipinski definition) is 2. The molecule has 3 rings (SSSR count). The summed E-state index contributed by atoms with van der Waals surface area (Å²) in [6.45, 7) is 3.42. The molecule has 1 atom stereocenters. The molecule has 1 aliphatic rings. The molecule has 2 heterocycles. The Hall–Kier alpha value is -1.28. The second-order valence-corrected chi connectivity index (χ2v) is 5.68. The fraction of sp³-hybridized carbons (Fsp3) is 0.438. The lowest BCUT2D eigenvalue weighted by Crippen LogP contribution is -2.39. The van der Waals surface area contributed by atoms with Crippen molar-refractivity contribution in [2.45, 2.75) is 38.6 Å². The predicted octanol–water partition coefficient (Wildman–Crippen LogP) is 4.66. The number of anilines is 1. The molecule has 3 heteroatoms. The molecule has 100 valence electrons. The topological polar surface area (TPSA) is 16.1 Å². The molecule has 0 radical (unpaired) electrons. The van der Waals surface area contributed by atoms with E-state index in [9.17, 15) is 0 Å². The van der Waals surface area contributed by atoms with Crippen molar-refractivity contribution in [2.75, 3.05) is 11.4 Å². The zero-order valence-electron chi connectivity index (χ0n) is 11.3. The van der Waals surface area contributed by atoms with Crippen LogP contribution in [-0.4, -0.2) is 17.6 Å². The van der Waals surface area contributed by atoms with Crippen LogP contribution in [0.3, 0.4) is 0 Å². The molecule has 2 nitrogen and oxygen atoms in total. The molecule has 2 aromatic rings. The first-order valence-electron chi connectivity index (χ1n) is 7.10. The zero-order valence-corrected chi connectivity index (χ0v) is 12.0. The summed E-state index contributed by atoms with van der Waals surface area (Å²) in [4.78, 5) is 6.99. The molecule has 0 amide bonds. The number of hydrogen-bond donors (Lipinski definition) is 0. The molecule has 1 fully saturated rings. The lowest BCUT2D eigenvalue weighted by Gasteiger charge is -2.37. The lowest BCUT2D eigenvalue weighted by atomic mass is 9.98. The van der Waals surface area contributed by atoms with Crippen molar-refractivity contribution in [1.29, 1.82) is 0 Å². The summed E-state index contributed by atoms with van der Waals surface area (Å²) in [7, 11) is 0. The van der Waals surface area contributed by atoms with Crippen molar-refractivity contribution in [2.24, 2.45) is 0 Å². The molecule has 0 aliphatic carbocycles. The Balaban J connectivity index is 2.10. The van der Waals surface area contributed by atoms with Crippen LogP contribution >= 0.6 is 11.6 Å². The van der Waals surface area contributed by atoms with Crippen LogP contribution in [0.1, 0.15) is 32.6 Å². The molecule has 0 N–H and O–H groups in total. The lowest BCUT2D eigenvalue weighted by molar-refractivity contribution is 0.451. The third-order valence-electron chi connectivity index (χ3n) is 4.09. The highest BCUT2D eigenvalue weighted by molar-refractivity contribution is 6.31. The van der Waals surface area contributed by atoms with E-state index in [1.807, 2.05) is 24.4 Å². The van der Waals surface area contributed by atoms with Crippen molar-refractivity contribution in [3.8, 4) is 0 Å². The number of fused-ring (bicyclic) bond motifs is 1. The van der Waals surface area contributed by atoms with Gasteiger partial charge in [-0.1, -0.05) is 18.5 Å². The van der Waals surface area contributed by atoms with Crippen LogP contribution in [-0.2, 0) is 0 Å². The highest BCUT2D eigenvalue weighted by Crippen LogP contribution is 2.32. The first kappa shape index (κ1) is 12.7. The quantitative estimate of drug-likeness (QED) is 0.792. The second kappa shape index (κ2) is 5.38. The van der Waals surface area contributed by atoms with E-state index in [2.05, 4.69) is 22.9 Å². The van der Waals surface area contributed by atoms with Gasteiger partial charge in [0, 0.05) is 34.9 Å². The maximum absolute atomic E-state index is 6.15. The van der Waals surface area contributed by atoms with Gasteiger partial charge in [-0.25, -0.2) is 0 Å². The van der Waals surface area contributed by atoms with Crippen molar-refractivity contribution >= 4 is 28.2 Å². The van der Waals surface area contributed by atoms with E-state index < -0.39 is 0 Å². The van der Waals surface area contributed by atoms with Crippen molar-refractivity contribution < 1.29 is 0 Å². The van der Waals surface area contributed by atoms with Gasteiger partial charge >= 0.3 is 0 Å². The predicted molar refractivity (Wildman–Crippen MR) is 82.0 cm³/mol. The van der Waals surface area contributed by atoms with Gasteiger partial charge in [0.15, 0.2) is 0 Å². The Kier molecular flexibility index (Phi) is 3.61. The average molecular weight is 275 g/mol. The zero-order chi connectivity index (χ0) is 13.2. The van der Waals surface area contributed by atoms with Crippen molar-refractivity contribution in [1.82, 2.24) is 4.98 Å². The van der Waals surface area contributed by atoms with Gasteiger partial charge < -0.3 is 4.90 Å². The van der Waals surface area contributed by atoms with E-state index in [-0.39, 0.29) is 0 Å². The second-order valence-electron chi connectivity index (χ2n) is 5.24. The standard InChI is InChI=1S/C16H19ClN2/c1-2-13-5-3-4-10-19(13)16-8-9-18-15-7-6-12(17)11-14(15)16/h6-9,11,13H,2-5,10H2,1H3. The number of piperidine rings is 1. The number of pyridine rings is 1. The first-order chi connectivity index (χ1) is 9.29. The summed E-state index contributed by atoms with van der Waals surface area (Å²) < 4.78 is 0. The van der Waals surface area contributed by atoms with Crippen LogP contribution in [0.5, 0.6) is 0 Å². The minimum atomic E-state index is 0.651. The summed E-state index contributed by atoms with van der Waals surface area (Å²) in [6, 6.07) is 8.74. The third kappa shape index (κ3) is 2.42. The van der Waals surface area contributed by atoms with Gasteiger partial charge in [0.05, 0.1) is 5.52 Å². The number of benzene rings is 1. The van der Waals surface area contributed by atoms with Crippen LogP contribution < -0.4 is 4.90 Å². The fourth-order valence-corrected chi connectivity index (χ4v) is 3.27. The molecule has 0 saturated carbocycles. The van der Waals surface area contributed by atoms with Crippen LogP contribution in [0.15, 0.2) is 30.5 Å². The minimum Gasteiger partial charge on any atom is -0.368 e. The Morgan fingerprint density at radius 3 is 3.05 bits per heavy atom. The van der Waals surface area contributed by atoms with Crippen molar-refractivity contribution in [3.63, 3.8) is 0 Å². The summed E-state index contributed by atoms with van der Waals surface area (Å²) in [5.74, 6) is 0. The Labute approximate surface area is 119 Å². The molecule has 1 aliphatic heterocycles. The number of rotatable bonds is 2. The average Bonchev–Trinajstić information content (AvgIpc) is 2.46.